The first-order valence-electron chi connectivity index (χ1n) is 9.95. The number of epoxide rings is 1. The smallest absolute Gasteiger partial charge is 0.333 e. The van der Waals surface area contributed by atoms with E-state index in [0.717, 1.165) is 25.7 Å². The van der Waals surface area contributed by atoms with Crippen LogP contribution in [0.15, 0.2) is 12.2 Å². The summed E-state index contributed by atoms with van der Waals surface area (Å²) in [5.74, 6) is -1.21. The maximum absolute atomic E-state index is 13.1. The topological polar surface area (TPSA) is 85.4 Å². The second-order valence-electron chi connectivity index (χ2n) is 8.91. The van der Waals surface area contributed by atoms with Gasteiger partial charge in [-0.15, -0.1) is 0 Å². The Morgan fingerprint density at radius 1 is 1.26 bits per heavy atom. The van der Waals surface area contributed by atoms with Crippen LogP contribution >= 0.6 is 0 Å². The average Bonchev–Trinajstić information content (AvgIpc) is 3.06. The lowest BCUT2D eigenvalue weighted by Gasteiger charge is -2.30. The predicted molar refractivity (Wildman–Crippen MR) is 99.1 cm³/mol. The van der Waals surface area contributed by atoms with Gasteiger partial charge in [0.15, 0.2) is 5.78 Å². The summed E-state index contributed by atoms with van der Waals surface area (Å²) < 4.78 is 16.7. The van der Waals surface area contributed by atoms with Crippen molar-refractivity contribution in [3.8, 4) is 0 Å². The number of rotatable bonds is 2. The second kappa shape index (κ2) is 7.30. The van der Waals surface area contributed by atoms with Gasteiger partial charge < -0.3 is 19.3 Å². The number of carbonyl (C=O) groups is 2. The molecule has 0 radical (unpaired) electrons. The van der Waals surface area contributed by atoms with Crippen LogP contribution in [0.3, 0.4) is 0 Å². The maximum Gasteiger partial charge on any atom is 0.333 e. The fourth-order valence-corrected chi connectivity index (χ4v) is 4.60. The average molecular weight is 380 g/mol. The van der Waals surface area contributed by atoms with Crippen LogP contribution in [0.2, 0.25) is 0 Å². The molecule has 3 heterocycles. The van der Waals surface area contributed by atoms with E-state index >= 15 is 0 Å². The van der Waals surface area contributed by atoms with Crippen molar-refractivity contribution in [2.45, 2.75) is 88.8 Å². The van der Waals surface area contributed by atoms with Gasteiger partial charge in [-0.3, -0.25) is 4.79 Å². The number of esters is 1. The van der Waals surface area contributed by atoms with Gasteiger partial charge >= 0.3 is 5.97 Å². The van der Waals surface area contributed by atoms with E-state index in [2.05, 4.69) is 13.5 Å². The van der Waals surface area contributed by atoms with E-state index in [1.807, 2.05) is 6.92 Å². The van der Waals surface area contributed by atoms with Crippen molar-refractivity contribution in [1.82, 2.24) is 0 Å². The van der Waals surface area contributed by atoms with Crippen molar-refractivity contribution in [1.29, 1.82) is 0 Å². The van der Waals surface area contributed by atoms with Gasteiger partial charge in [-0.2, -0.15) is 0 Å². The molecule has 0 saturated carbocycles. The second-order valence-corrected chi connectivity index (χ2v) is 8.91. The molecule has 2 bridgehead atoms. The largest absolute Gasteiger partial charge is 0.466 e. The third-order valence-electron chi connectivity index (χ3n) is 6.76. The van der Waals surface area contributed by atoms with Crippen molar-refractivity contribution < 1.29 is 28.9 Å². The van der Waals surface area contributed by atoms with Gasteiger partial charge in [0.1, 0.15) is 6.10 Å². The molecule has 0 aromatic carbocycles. The molecular weight excluding hydrogens is 348 g/mol. The van der Waals surface area contributed by atoms with E-state index in [1.165, 1.54) is 7.11 Å². The van der Waals surface area contributed by atoms with Crippen LogP contribution in [0.5, 0.6) is 0 Å². The van der Waals surface area contributed by atoms with Crippen LogP contribution in [0.4, 0.5) is 0 Å². The number of methoxy groups -OCH3 is 1. The molecule has 27 heavy (non-hydrogen) atoms. The zero-order chi connectivity index (χ0) is 20.0. The van der Waals surface area contributed by atoms with Crippen LogP contribution in [0.25, 0.3) is 0 Å². The molecule has 1 N–H and O–H groups in total. The first-order valence-corrected chi connectivity index (χ1v) is 9.95. The number of carbonyl (C=O) groups excluding carboxylic acids is 2. The van der Waals surface area contributed by atoms with Crippen LogP contribution in [0.1, 0.15) is 59.3 Å². The Morgan fingerprint density at radius 2 is 1.96 bits per heavy atom. The van der Waals surface area contributed by atoms with Crippen molar-refractivity contribution >= 4 is 11.8 Å². The number of hydrogen-bond donors (Lipinski definition) is 1. The summed E-state index contributed by atoms with van der Waals surface area (Å²) in [7, 11) is 1.30. The standard InChI is InChI=1S/C21H32O6/c1-12-7-6-9-21(4)15(27-21)8-10-20(3,24)16-11-14(13(2)19(23)25-5)18(26-16)17(12)22/h12,14-16,18,24H,2,6-11H2,1,3-5H3/t12-,14-,15-,16-,18-,20+,21-/m0/s1. The molecule has 7 atom stereocenters. The number of ketones is 1. The monoisotopic (exact) mass is 380 g/mol. The number of fused-ring (bicyclic) bond motifs is 3. The molecule has 0 amide bonds. The van der Waals surface area contributed by atoms with Crippen molar-refractivity contribution in [3.05, 3.63) is 12.2 Å². The Bertz CT molecular complexity index is 626. The number of ether oxygens (including phenoxy) is 3. The van der Waals surface area contributed by atoms with Gasteiger partial charge in [-0.05, 0) is 52.4 Å². The molecule has 3 aliphatic heterocycles. The summed E-state index contributed by atoms with van der Waals surface area (Å²) in [6.07, 6.45) is 3.07. The minimum atomic E-state index is -1.10. The highest BCUT2D eigenvalue weighted by atomic mass is 16.6. The Morgan fingerprint density at radius 3 is 2.63 bits per heavy atom. The summed E-state index contributed by atoms with van der Waals surface area (Å²) >= 11 is 0. The lowest BCUT2D eigenvalue weighted by Crippen LogP contribution is -2.40. The number of aliphatic hydroxyl groups is 1. The zero-order valence-corrected chi connectivity index (χ0v) is 16.8. The van der Waals surface area contributed by atoms with E-state index in [0.29, 0.717) is 12.8 Å². The molecule has 6 heteroatoms. The predicted octanol–water partition coefficient (Wildman–Crippen LogP) is 2.57. The summed E-state index contributed by atoms with van der Waals surface area (Å²) in [5.41, 5.74) is -0.992. The van der Waals surface area contributed by atoms with E-state index < -0.39 is 29.7 Å². The minimum Gasteiger partial charge on any atom is -0.466 e. The number of hydrogen-bond acceptors (Lipinski definition) is 6. The van der Waals surface area contributed by atoms with Gasteiger partial charge in [-0.25, -0.2) is 4.79 Å². The fraction of sp³-hybridized carbons (Fsp3) is 0.810. The Kier molecular flexibility index (Phi) is 5.54. The lowest BCUT2D eigenvalue weighted by molar-refractivity contribution is -0.144. The Labute approximate surface area is 161 Å². The van der Waals surface area contributed by atoms with E-state index in [1.54, 1.807) is 6.92 Å². The van der Waals surface area contributed by atoms with Crippen molar-refractivity contribution in [2.24, 2.45) is 11.8 Å². The van der Waals surface area contributed by atoms with Crippen LogP contribution in [-0.4, -0.2) is 53.5 Å². The molecule has 3 saturated heterocycles. The molecule has 0 aromatic heterocycles. The molecular formula is C21H32O6. The molecule has 0 aliphatic carbocycles. The van der Waals surface area contributed by atoms with Crippen LogP contribution in [0, 0.1) is 11.8 Å². The van der Waals surface area contributed by atoms with Gasteiger partial charge in [-0.1, -0.05) is 13.5 Å². The molecule has 3 fully saturated rings. The third kappa shape index (κ3) is 3.98. The van der Waals surface area contributed by atoms with Crippen molar-refractivity contribution in [2.75, 3.05) is 7.11 Å². The van der Waals surface area contributed by atoms with Gasteiger partial charge in [0.2, 0.25) is 0 Å². The van der Waals surface area contributed by atoms with Crippen LogP contribution in [-0.2, 0) is 23.8 Å². The molecule has 3 aliphatic rings. The molecule has 3 rings (SSSR count). The molecule has 0 aromatic rings. The van der Waals surface area contributed by atoms with Crippen LogP contribution < -0.4 is 0 Å². The van der Waals surface area contributed by atoms with E-state index in [9.17, 15) is 14.7 Å². The molecule has 0 unspecified atom stereocenters. The summed E-state index contributed by atoms with van der Waals surface area (Å²) in [6, 6.07) is 0. The van der Waals surface area contributed by atoms with Gasteiger partial charge in [0.05, 0.1) is 30.5 Å². The first kappa shape index (κ1) is 20.5. The molecule has 152 valence electrons. The first-order chi connectivity index (χ1) is 12.6. The highest BCUT2D eigenvalue weighted by molar-refractivity contribution is 5.92. The quantitative estimate of drug-likeness (QED) is 0.450. The lowest BCUT2D eigenvalue weighted by atomic mass is 9.81. The Balaban J connectivity index is 1.85. The maximum atomic E-state index is 13.1. The fourth-order valence-electron chi connectivity index (χ4n) is 4.60. The minimum absolute atomic E-state index is 0.0268. The third-order valence-corrected chi connectivity index (χ3v) is 6.76. The summed E-state index contributed by atoms with van der Waals surface area (Å²) in [6.45, 7) is 9.61. The molecule has 6 nitrogen and oxygen atoms in total. The zero-order valence-electron chi connectivity index (χ0n) is 16.8. The summed E-state index contributed by atoms with van der Waals surface area (Å²) in [4.78, 5) is 25.1. The highest BCUT2D eigenvalue weighted by Gasteiger charge is 2.54. The van der Waals surface area contributed by atoms with Gasteiger partial charge in [0, 0.05) is 17.4 Å². The van der Waals surface area contributed by atoms with Crippen molar-refractivity contribution in [3.63, 3.8) is 0 Å². The van der Waals surface area contributed by atoms with E-state index in [4.69, 9.17) is 14.2 Å². The van der Waals surface area contributed by atoms with Gasteiger partial charge in [0.25, 0.3) is 0 Å². The number of Topliss-reactive ketones (excluding diaryl/α,β-unsaturated/α-hetero) is 1. The Hall–Kier alpha value is -1.24. The normalized spacial score (nSPS) is 45.1. The molecule has 0 spiro atoms. The SMILES string of the molecule is C=C(C(=O)OC)[C@@H]1C[C@@H]2O[C@@H]1C(=O)[C@@H](C)CCC[C@]1(C)O[C@H]1CC[C@@]2(C)O. The highest BCUT2D eigenvalue weighted by Crippen LogP contribution is 2.46. The summed E-state index contributed by atoms with van der Waals surface area (Å²) in [5, 5.41) is 11.0. The van der Waals surface area contributed by atoms with E-state index in [-0.39, 0.29) is 29.0 Å².